The van der Waals surface area contributed by atoms with Crippen molar-refractivity contribution in [2.24, 2.45) is 16.1 Å². The van der Waals surface area contributed by atoms with E-state index < -0.39 is 5.41 Å². The lowest BCUT2D eigenvalue weighted by Crippen LogP contribution is -2.43. The molecule has 36 heavy (non-hydrogen) atoms. The second-order valence-electron chi connectivity index (χ2n) is 9.12. The fourth-order valence-corrected chi connectivity index (χ4v) is 7.20. The van der Waals surface area contributed by atoms with E-state index >= 15 is 0 Å². The second kappa shape index (κ2) is 10.7. The second-order valence-corrected chi connectivity index (χ2v) is 11.0. The molecule has 2 aromatic carbocycles. The van der Waals surface area contributed by atoms with Gasteiger partial charge >= 0.3 is 0 Å². The van der Waals surface area contributed by atoms with E-state index in [0.717, 1.165) is 54.1 Å². The van der Waals surface area contributed by atoms with Crippen molar-refractivity contribution in [1.29, 1.82) is 5.26 Å². The molecule has 2 heterocycles. The number of thiazole rings is 1. The maximum atomic E-state index is 12.6. The van der Waals surface area contributed by atoms with Gasteiger partial charge in [-0.1, -0.05) is 79.6 Å². The van der Waals surface area contributed by atoms with Gasteiger partial charge in [0.05, 0.1) is 29.0 Å². The van der Waals surface area contributed by atoms with Crippen molar-refractivity contribution in [2.45, 2.75) is 38.0 Å². The van der Waals surface area contributed by atoms with Gasteiger partial charge in [-0.3, -0.25) is 4.79 Å². The van der Waals surface area contributed by atoms with Crippen LogP contribution in [0.2, 0.25) is 0 Å². The van der Waals surface area contributed by atoms with Gasteiger partial charge in [-0.2, -0.15) is 5.26 Å². The number of hydrogen-bond donors (Lipinski definition) is 2. The smallest absolute Gasteiger partial charge is 0.234 e. The lowest BCUT2D eigenvalue weighted by Gasteiger charge is -2.44. The Balaban J connectivity index is 1.44. The molecule has 1 fully saturated rings. The molecular weight excluding hydrogens is 486 g/mol. The van der Waals surface area contributed by atoms with Crippen molar-refractivity contribution in [3.8, 4) is 17.3 Å². The van der Waals surface area contributed by atoms with E-state index in [1.54, 1.807) is 11.3 Å². The molecular formula is C28H27N5OS2. The minimum Gasteiger partial charge on any atom is -0.387 e. The number of rotatable bonds is 6. The first-order valence-corrected chi connectivity index (χ1v) is 13.9. The van der Waals surface area contributed by atoms with E-state index in [4.69, 9.17) is 15.7 Å². The van der Waals surface area contributed by atoms with Gasteiger partial charge in [0.1, 0.15) is 15.9 Å². The first kappa shape index (κ1) is 24.3. The van der Waals surface area contributed by atoms with E-state index in [0.29, 0.717) is 16.4 Å². The highest BCUT2D eigenvalue weighted by molar-refractivity contribution is 8.03. The van der Waals surface area contributed by atoms with Crippen LogP contribution in [-0.2, 0) is 4.79 Å². The van der Waals surface area contributed by atoms with E-state index in [2.05, 4.69) is 16.8 Å². The van der Waals surface area contributed by atoms with E-state index in [-0.39, 0.29) is 17.6 Å². The van der Waals surface area contributed by atoms with Crippen LogP contribution < -0.4 is 11.1 Å². The zero-order valence-corrected chi connectivity index (χ0v) is 21.4. The predicted molar refractivity (Wildman–Crippen MR) is 148 cm³/mol. The van der Waals surface area contributed by atoms with Crippen LogP contribution in [0, 0.1) is 16.7 Å². The Morgan fingerprint density at radius 2 is 1.81 bits per heavy atom. The highest BCUT2D eigenvalue weighted by Gasteiger charge is 2.50. The van der Waals surface area contributed by atoms with Gasteiger partial charge in [0.25, 0.3) is 0 Å². The number of para-hydroxylation sites is 1. The molecule has 2 aliphatic rings. The molecule has 1 amide bonds. The third-order valence-electron chi connectivity index (χ3n) is 6.88. The first-order chi connectivity index (χ1) is 17.6. The fraction of sp³-hybridized carbons (Fsp3) is 0.286. The summed E-state index contributed by atoms with van der Waals surface area (Å²) in [4.78, 5) is 22.3. The quantitative estimate of drug-likeness (QED) is 0.401. The van der Waals surface area contributed by atoms with Crippen LogP contribution >= 0.6 is 23.1 Å². The lowest BCUT2D eigenvalue weighted by atomic mass is 9.61. The van der Waals surface area contributed by atoms with Crippen LogP contribution in [-0.4, -0.2) is 22.5 Å². The zero-order valence-electron chi connectivity index (χ0n) is 19.8. The Morgan fingerprint density at radius 3 is 2.50 bits per heavy atom. The summed E-state index contributed by atoms with van der Waals surface area (Å²) < 4.78 is 0. The molecule has 1 unspecified atom stereocenters. The number of aliphatic imine (C=N–C) groups is 1. The number of allylic oxidation sites excluding steroid dienone is 1. The van der Waals surface area contributed by atoms with Gasteiger partial charge in [-0.05, 0) is 25.0 Å². The van der Waals surface area contributed by atoms with Crippen molar-refractivity contribution in [3.05, 3.63) is 81.7 Å². The van der Waals surface area contributed by atoms with Crippen LogP contribution in [0.1, 0.15) is 43.0 Å². The number of anilines is 1. The summed E-state index contributed by atoms with van der Waals surface area (Å²) in [6.07, 6.45) is 4.91. The van der Waals surface area contributed by atoms with Gasteiger partial charge in [0.2, 0.25) is 5.91 Å². The van der Waals surface area contributed by atoms with E-state index in [1.165, 1.54) is 11.8 Å². The molecule has 0 radical (unpaired) electrons. The molecule has 1 saturated carbocycles. The van der Waals surface area contributed by atoms with Gasteiger partial charge in [0, 0.05) is 22.0 Å². The molecule has 1 aliphatic heterocycles. The summed E-state index contributed by atoms with van der Waals surface area (Å²) in [5.74, 6) is 0.257. The number of nitrogens with zero attached hydrogens (tertiary/aromatic N) is 3. The largest absolute Gasteiger partial charge is 0.387 e. The molecule has 8 heteroatoms. The summed E-state index contributed by atoms with van der Waals surface area (Å²) >= 11 is 2.87. The monoisotopic (exact) mass is 513 g/mol. The highest BCUT2D eigenvalue weighted by Crippen LogP contribution is 2.56. The zero-order chi connectivity index (χ0) is 25.0. The normalized spacial score (nSPS) is 19.0. The van der Waals surface area contributed by atoms with Gasteiger partial charge in [-0.25, -0.2) is 9.98 Å². The molecule has 0 saturated heterocycles. The Hall–Kier alpha value is -3.41. The molecule has 3 aromatic rings. The number of amidine groups is 1. The Labute approximate surface area is 219 Å². The third kappa shape index (κ3) is 4.81. The number of hydrogen-bond acceptors (Lipinski definition) is 7. The lowest BCUT2D eigenvalue weighted by molar-refractivity contribution is -0.113. The molecule has 1 aliphatic carbocycles. The number of nitriles is 1. The average Bonchev–Trinajstić information content (AvgIpc) is 3.38. The minimum absolute atomic E-state index is 0.142. The molecule has 5 rings (SSSR count). The Kier molecular flexibility index (Phi) is 7.21. The van der Waals surface area contributed by atoms with E-state index in [9.17, 15) is 10.1 Å². The van der Waals surface area contributed by atoms with Crippen molar-refractivity contribution in [1.82, 2.24) is 4.98 Å². The SMILES string of the molecule is N#CC1=C(SCC(=O)Nc2ccccc2)N=C(N)C(c2nc(-c3ccccc3)cs2)C12CCCCC2. The number of thioether (sulfide) groups is 1. The first-order valence-electron chi connectivity index (χ1n) is 12.1. The maximum absolute atomic E-state index is 12.6. The van der Waals surface area contributed by atoms with E-state index in [1.807, 2.05) is 60.7 Å². The van der Waals surface area contributed by atoms with Crippen LogP contribution in [0.3, 0.4) is 0 Å². The maximum Gasteiger partial charge on any atom is 0.234 e. The third-order valence-corrected chi connectivity index (χ3v) is 8.77. The number of carbonyl (C=O) groups is 1. The summed E-state index contributed by atoms with van der Waals surface area (Å²) in [7, 11) is 0. The predicted octanol–water partition coefficient (Wildman–Crippen LogP) is 6.32. The fourth-order valence-electron chi connectivity index (χ4n) is 5.24. The summed E-state index contributed by atoms with van der Waals surface area (Å²) in [5, 5.41) is 16.8. The number of nitrogens with two attached hydrogens (primary N) is 1. The Bertz CT molecular complexity index is 1340. The molecule has 1 aromatic heterocycles. The minimum atomic E-state index is -0.442. The molecule has 0 bridgehead atoms. The highest BCUT2D eigenvalue weighted by atomic mass is 32.2. The number of carbonyl (C=O) groups excluding carboxylic acids is 1. The molecule has 182 valence electrons. The van der Waals surface area contributed by atoms with Crippen LogP contribution in [0.5, 0.6) is 0 Å². The number of aromatic nitrogens is 1. The standard InChI is InChI=1S/C28H27N5OS2/c29-16-21-26(36-18-23(34)31-20-12-6-2-7-13-20)33-25(30)24(28(21)14-8-3-9-15-28)27-32-22(17-35-27)19-10-4-1-5-11-19/h1-2,4-7,10-13,17,24H,3,8-9,14-15,18H2,(H2,30,33)(H,31,34). The summed E-state index contributed by atoms with van der Waals surface area (Å²) in [6, 6.07) is 21.9. The van der Waals surface area contributed by atoms with Crippen LogP contribution in [0.15, 0.2) is 81.6 Å². The number of nitrogens with one attached hydrogen (secondary N) is 1. The van der Waals surface area contributed by atoms with Crippen molar-refractivity contribution in [2.75, 3.05) is 11.1 Å². The molecule has 1 atom stereocenters. The van der Waals surface area contributed by atoms with Gasteiger partial charge in [-0.15, -0.1) is 11.3 Å². The number of benzene rings is 2. The van der Waals surface area contributed by atoms with Crippen LogP contribution in [0.4, 0.5) is 5.69 Å². The van der Waals surface area contributed by atoms with Crippen molar-refractivity contribution < 1.29 is 4.79 Å². The number of amides is 1. The molecule has 3 N–H and O–H groups in total. The van der Waals surface area contributed by atoms with Crippen molar-refractivity contribution >= 4 is 40.5 Å². The van der Waals surface area contributed by atoms with Gasteiger partial charge in [0.15, 0.2) is 0 Å². The molecule has 1 spiro atoms. The topological polar surface area (TPSA) is 104 Å². The van der Waals surface area contributed by atoms with Crippen molar-refractivity contribution in [3.63, 3.8) is 0 Å². The van der Waals surface area contributed by atoms with Gasteiger partial charge < -0.3 is 11.1 Å². The Morgan fingerprint density at radius 1 is 1.11 bits per heavy atom. The summed E-state index contributed by atoms with van der Waals surface area (Å²) in [5.41, 5.74) is 9.58. The van der Waals surface area contributed by atoms with Crippen LogP contribution in [0.25, 0.3) is 11.3 Å². The summed E-state index contributed by atoms with van der Waals surface area (Å²) in [6.45, 7) is 0. The average molecular weight is 514 g/mol. The molecule has 6 nitrogen and oxygen atoms in total.